The van der Waals surface area contributed by atoms with Crippen LogP contribution in [-0.4, -0.2) is 30.3 Å². The first-order chi connectivity index (χ1) is 11.5. The Morgan fingerprint density at radius 1 is 1.17 bits per heavy atom. The molecule has 0 aliphatic heterocycles. The van der Waals surface area contributed by atoms with E-state index in [9.17, 15) is 13.6 Å². The SMILES string of the molecule is O=C(NCC1(c2c(F)cccc2F)CC1)NC1CCC(CO)CC1. The standard InChI is InChI=1S/C18H24F2N2O2/c19-14-2-1-3-15(20)16(14)18(8-9-18)11-21-17(24)22-13-6-4-12(10-23)5-7-13/h1-3,12-13,23H,4-11H2,(H2,21,22,24). The largest absolute Gasteiger partial charge is 0.396 e. The number of urea groups is 1. The molecule has 0 aromatic heterocycles. The van der Waals surface area contributed by atoms with Crippen LogP contribution in [0.15, 0.2) is 18.2 Å². The second-order valence-corrected chi connectivity index (χ2v) is 7.10. The summed E-state index contributed by atoms with van der Waals surface area (Å²) in [6.45, 7) is 0.443. The number of benzene rings is 1. The van der Waals surface area contributed by atoms with Crippen LogP contribution in [0.4, 0.5) is 13.6 Å². The third-order valence-corrected chi connectivity index (χ3v) is 5.37. The van der Waals surface area contributed by atoms with Crippen molar-refractivity contribution in [2.24, 2.45) is 5.92 Å². The molecule has 24 heavy (non-hydrogen) atoms. The number of aliphatic hydroxyl groups is 1. The van der Waals surface area contributed by atoms with E-state index in [-0.39, 0.29) is 30.8 Å². The first-order valence-electron chi connectivity index (χ1n) is 8.64. The molecule has 0 unspecified atom stereocenters. The Kier molecular flexibility index (Phi) is 5.04. The fourth-order valence-corrected chi connectivity index (χ4v) is 3.65. The van der Waals surface area contributed by atoms with Gasteiger partial charge >= 0.3 is 6.03 Å². The summed E-state index contributed by atoms with van der Waals surface area (Å²) in [6, 6.07) is 3.70. The molecule has 2 amide bonds. The molecule has 0 atom stereocenters. The van der Waals surface area contributed by atoms with E-state index in [4.69, 9.17) is 5.11 Å². The maximum atomic E-state index is 14.0. The summed E-state index contributed by atoms with van der Waals surface area (Å²) >= 11 is 0. The van der Waals surface area contributed by atoms with Crippen molar-refractivity contribution in [3.05, 3.63) is 35.4 Å². The van der Waals surface area contributed by atoms with Gasteiger partial charge in [-0.3, -0.25) is 0 Å². The third kappa shape index (κ3) is 3.69. The second kappa shape index (κ2) is 7.05. The second-order valence-electron chi connectivity index (χ2n) is 7.10. The maximum Gasteiger partial charge on any atom is 0.315 e. The van der Waals surface area contributed by atoms with Gasteiger partial charge in [-0.25, -0.2) is 13.6 Å². The molecule has 0 bridgehead atoms. The number of nitrogens with one attached hydrogen (secondary N) is 2. The molecule has 2 aliphatic rings. The quantitative estimate of drug-likeness (QED) is 0.773. The van der Waals surface area contributed by atoms with Crippen molar-refractivity contribution in [2.75, 3.05) is 13.2 Å². The van der Waals surface area contributed by atoms with Gasteiger partial charge in [-0.2, -0.15) is 0 Å². The number of amides is 2. The summed E-state index contributed by atoms with van der Waals surface area (Å²) in [6.07, 6.45) is 4.87. The van der Waals surface area contributed by atoms with E-state index in [2.05, 4.69) is 10.6 Å². The molecule has 6 heteroatoms. The number of aliphatic hydroxyl groups excluding tert-OH is 1. The summed E-state index contributed by atoms with van der Waals surface area (Å²) in [5.41, 5.74) is -0.518. The predicted octanol–water partition coefficient (Wildman–Crippen LogP) is 2.85. The highest BCUT2D eigenvalue weighted by atomic mass is 19.1. The van der Waals surface area contributed by atoms with Crippen LogP contribution >= 0.6 is 0 Å². The zero-order valence-electron chi connectivity index (χ0n) is 13.7. The van der Waals surface area contributed by atoms with Gasteiger partial charge in [-0.15, -0.1) is 0 Å². The Balaban J connectivity index is 1.51. The van der Waals surface area contributed by atoms with Crippen molar-refractivity contribution in [1.82, 2.24) is 10.6 Å². The highest BCUT2D eigenvalue weighted by Gasteiger charge is 2.48. The normalized spacial score (nSPS) is 25.1. The van der Waals surface area contributed by atoms with Crippen LogP contribution in [0.2, 0.25) is 0 Å². The fourth-order valence-electron chi connectivity index (χ4n) is 3.65. The van der Waals surface area contributed by atoms with Gasteiger partial charge in [0, 0.05) is 30.2 Å². The number of rotatable bonds is 5. The molecular weight excluding hydrogens is 314 g/mol. The summed E-state index contributed by atoms with van der Waals surface area (Å²) in [5.74, 6) is -0.751. The van der Waals surface area contributed by atoms with E-state index in [1.165, 1.54) is 18.2 Å². The summed E-state index contributed by atoms with van der Waals surface area (Å²) in [7, 11) is 0. The number of carbonyl (C=O) groups excluding carboxylic acids is 1. The first-order valence-corrected chi connectivity index (χ1v) is 8.64. The average Bonchev–Trinajstić information content (AvgIpc) is 3.34. The Labute approximate surface area is 140 Å². The first kappa shape index (κ1) is 17.1. The van der Waals surface area contributed by atoms with Crippen LogP contribution in [0.3, 0.4) is 0 Å². The molecule has 2 saturated carbocycles. The Morgan fingerprint density at radius 2 is 1.79 bits per heavy atom. The van der Waals surface area contributed by atoms with Crippen LogP contribution in [0.5, 0.6) is 0 Å². The molecule has 1 aromatic rings. The van der Waals surface area contributed by atoms with E-state index < -0.39 is 17.0 Å². The smallest absolute Gasteiger partial charge is 0.315 e. The summed E-state index contributed by atoms with van der Waals surface area (Å²) in [4.78, 5) is 12.1. The van der Waals surface area contributed by atoms with Crippen molar-refractivity contribution >= 4 is 6.03 Å². The Hall–Kier alpha value is -1.69. The molecule has 3 N–H and O–H groups in total. The average molecular weight is 338 g/mol. The van der Waals surface area contributed by atoms with Gasteiger partial charge in [0.25, 0.3) is 0 Å². The van der Waals surface area contributed by atoms with Crippen LogP contribution in [-0.2, 0) is 5.41 Å². The molecule has 2 fully saturated rings. The minimum absolute atomic E-state index is 0.0914. The molecule has 4 nitrogen and oxygen atoms in total. The van der Waals surface area contributed by atoms with Gasteiger partial charge in [0.1, 0.15) is 11.6 Å². The highest BCUT2D eigenvalue weighted by Crippen LogP contribution is 2.49. The topological polar surface area (TPSA) is 61.4 Å². The van der Waals surface area contributed by atoms with Crippen LogP contribution in [0.1, 0.15) is 44.1 Å². The lowest BCUT2D eigenvalue weighted by molar-refractivity contribution is 0.174. The molecule has 3 rings (SSSR count). The zero-order chi connectivity index (χ0) is 17.2. The fraction of sp³-hybridized carbons (Fsp3) is 0.611. The van der Waals surface area contributed by atoms with E-state index in [1.54, 1.807) is 0 Å². The lowest BCUT2D eigenvalue weighted by Crippen LogP contribution is -2.46. The summed E-state index contributed by atoms with van der Waals surface area (Å²) in [5, 5.41) is 14.8. The predicted molar refractivity (Wildman–Crippen MR) is 86.6 cm³/mol. The van der Waals surface area contributed by atoms with Gasteiger partial charge < -0.3 is 15.7 Å². The van der Waals surface area contributed by atoms with Gasteiger partial charge in [0.2, 0.25) is 0 Å². The molecule has 132 valence electrons. The molecule has 0 spiro atoms. The Bertz CT molecular complexity index is 576. The lowest BCUT2D eigenvalue weighted by Gasteiger charge is -2.28. The minimum atomic E-state index is -0.610. The molecule has 0 heterocycles. The molecular formula is C18H24F2N2O2. The van der Waals surface area contributed by atoms with E-state index in [0.717, 1.165) is 25.7 Å². The summed E-state index contributed by atoms with van der Waals surface area (Å²) < 4.78 is 27.9. The zero-order valence-corrected chi connectivity index (χ0v) is 13.7. The van der Waals surface area contributed by atoms with Crippen LogP contribution in [0.25, 0.3) is 0 Å². The van der Waals surface area contributed by atoms with Crippen molar-refractivity contribution in [3.8, 4) is 0 Å². The third-order valence-electron chi connectivity index (χ3n) is 5.37. The molecule has 0 radical (unpaired) electrons. The molecule has 2 aliphatic carbocycles. The van der Waals surface area contributed by atoms with Crippen molar-refractivity contribution < 1.29 is 18.7 Å². The monoisotopic (exact) mass is 338 g/mol. The van der Waals surface area contributed by atoms with Crippen LogP contribution < -0.4 is 10.6 Å². The number of hydrogen-bond acceptors (Lipinski definition) is 2. The van der Waals surface area contributed by atoms with Gasteiger partial charge in [0.05, 0.1) is 0 Å². The number of hydrogen-bond donors (Lipinski definition) is 3. The van der Waals surface area contributed by atoms with Crippen LogP contribution in [0, 0.1) is 17.6 Å². The number of halogens is 2. The Morgan fingerprint density at radius 3 is 2.33 bits per heavy atom. The van der Waals surface area contributed by atoms with Crippen molar-refractivity contribution in [3.63, 3.8) is 0 Å². The number of carbonyl (C=O) groups is 1. The van der Waals surface area contributed by atoms with Crippen molar-refractivity contribution in [2.45, 2.75) is 50.0 Å². The minimum Gasteiger partial charge on any atom is -0.396 e. The van der Waals surface area contributed by atoms with E-state index in [1.807, 2.05) is 0 Å². The highest BCUT2D eigenvalue weighted by molar-refractivity contribution is 5.74. The van der Waals surface area contributed by atoms with Gasteiger partial charge in [-0.05, 0) is 56.6 Å². The maximum absolute atomic E-state index is 14.0. The van der Waals surface area contributed by atoms with E-state index in [0.29, 0.717) is 18.8 Å². The van der Waals surface area contributed by atoms with Crippen molar-refractivity contribution in [1.29, 1.82) is 0 Å². The van der Waals surface area contributed by atoms with E-state index >= 15 is 0 Å². The molecule has 1 aromatic carbocycles. The molecule has 0 saturated heterocycles. The van der Waals surface area contributed by atoms with Gasteiger partial charge in [-0.1, -0.05) is 6.07 Å². The van der Waals surface area contributed by atoms with Gasteiger partial charge in [0.15, 0.2) is 0 Å². The lowest BCUT2D eigenvalue weighted by atomic mass is 9.87.